The number of carbonyl (C=O) groups excluding carboxylic acids is 1. The first-order valence-electron chi connectivity index (χ1n) is 8.35. The predicted molar refractivity (Wildman–Crippen MR) is 97.0 cm³/mol. The first-order chi connectivity index (χ1) is 12.4. The molecule has 0 unspecified atom stereocenters. The van der Waals surface area contributed by atoms with Crippen LogP contribution in [0.1, 0.15) is 36.8 Å². The second-order valence-corrected chi connectivity index (χ2v) is 5.79. The number of pyridine rings is 2. The molecule has 0 aromatic carbocycles. The summed E-state index contributed by atoms with van der Waals surface area (Å²) in [5.41, 5.74) is 2.15. The van der Waals surface area contributed by atoms with E-state index in [0.717, 1.165) is 5.56 Å². The van der Waals surface area contributed by atoms with Crippen molar-refractivity contribution in [3.05, 3.63) is 29.6 Å². The predicted octanol–water partition coefficient (Wildman–Crippen LogP) is 3.43. The average Bonchev–Trinajstić information content (AvgIpc) is 2.60. The number of hydrogen-bond acceptors (Lipinski definition) is 7. The van der Waals surface area contributed by atoms with Crippen LogP contribution in [-0.4, -0.2) is 42.9 Å². The van der Waals surface area contributed by atoms with E-state index in [-0.39, 0.29) is 12.7 Å². The summed E-state index contributed by atoms with van der Waals surface area (Å²) in [7, 11) is 3.05. The van der Waals surface area contributed by atoms with Gasteiger partial charge in [0.1, 0.15) is 11.3 Å². The van der Waals surface area contributed by atoms with Gasteiger partial charge in [-0.15, -0.1) is 0 Å². The van der Waals surface area contributed by atoms with Gasteiger partial charge in [-0.05, 0) is 33.8 Å². The zero-order chi connectivity index (χ0) is 19.3. The smallest absolute Gasteiger partial charge is 0.343 e. The highest BCUT2D eigenvalue weighted by Crippen LogP contribution is 2.33. The zero-order valence-corrected chi connectivity index (χ0v) is 16.0. The number of carbonyl (C=O) groups is 1. The number of hydrogen-bond donors (Lipinski definition) is 0. The van der Waals surface area contributed by atoms with Crippen LogP contribution in [-0.2, 0) is 4.74 Å². The van der Waals surface area contributed by atoms with Crippen molar-refractivity contribution in [1.29, 1.82) is 0 Å². The Morgan fingerprint density at radius 1 is 1.15 bits per heavy atom. The summed E-state index contributed by atoms with van der Waals surface area (Å²) in [6.45, 7) is 7.60. The summed E-state index contributed by atoms with van der Waals surface area (Å²) in [6, 6.07) is 3.47. The molecular weight excluding hydrogens is 336 g/mol. The molecule has 0 bridgehead atoms. The second kappa shape index (κ2) is 8.51. The molecule has 2 heterocycles. The standard InChI is InChI=1S/C19H24N2O5/c1-7-25-19(22)17-12(4)21-14(9-15(17)23-5)13-8-16(24-6)18(20-10-13)26-11(2)3/h8-11H,7H2,1-6H3. The molecule has 0 aliphatic heterocycles. The molecule has 0 saturated carbocycles. The van der Waals surface area contributed by atoms with Crippen LogP contribution in [0.15, 0.2) is 18.3 Å². The minimum absolute atomic E-state index is 0.0217. The molecule has 0 atom stereocenters. The van der Waals surface area contributed by atoms with Crippen LogP contribution in [0.25, 0.3) is 11.3 Å². The molecule has 0 fully saturated rings. The van der Waals surface area contributed by atoms with Crippen molar-refractivity contribution in [1.82, 2.24) is 9.97 Å². The lowest BCUT2D eigenvalue weighted by atomic mass is 10.1. The van der Waals surface area contributed by atoms with Gasteiger partial charge in [-0.3, -0.25) is 4.98 Å². The summed E-state index contributed by atoms with van der Waals surface area (Å²) in [6.07, 6.45) is 1.62. The van der Waals surface area contributed by atoms with Gasteiger partial charge in [0.15, 0.2) is 5.75 Å². The number of aromatic nitrogens is 2. The Balaban J connectivity index is 2.49. The molecule has 2 rings (SSSR count). The fraction of sp³-hybridized carbons (Fsp3) is 0.421. The average molecular weight is 360 g/mol. The molecule has 2 aromatic heterocycles. The van der Waals surface area contributed by atoms with Gasteiger partial charge >= 0.3 is 5.97 Å². The van der Waals surface area contributed by atoms with E-state index in [4.69, 9.17) is 18.9 Å². The van der Waals surface area contributed by atoms with Crippen LogP contribution in [0.4, 0.5) is 0 Å². The third kappa shape index (κ3) is 4.22. The molecule has 7 nitrogen and oxygen atoms in total. The molecule has 0 amide bonds. The number of nitrogens with zero attached hydrogens (tertiary/aromatic N) is 2. The van der Waals surface area contributed by atoms with E-state index in [9.17, 15) is 4.79 Å². The quantitative estimate of drug-likeness (QED) is 0.700. The van der Waals surface area contributed by atoms with Crippen LogP contribution in [0.5, 0.6) is 17.4 Å². The van der Waals surface area contributed by atoms with Crippen LogP contribution in [0, 0.1) is 6.92 Å². The normalized spacial score (nSPS) is 10.6. The van der Waals surface area contributed by atoms with Gasteiger partial charge in [0.25, 0.3) is 5.88 Å². The van der Waals surface area contributed by atoms with Crippen LogP contribution >= 0.6 is 0 Å². The summed E-state index contributed by atoms with van der Waals surface area (Å²) in [5.74, 6) is 0.854. The van der Waals surface area contributed by atoms with Crippen molar-refractivity contribution in [3.63, 3.8) is 0 Å². The summed E-state index contributed by atoms with van der Waals surface area (Å²) >= 11 is 0. The van der Waals surface area contributed by atoms with E-state index in [1.807, 2.05) is 13.8 Å². The SMILES string of the molecule is CCOC(=O)c1c(OC)cc(-c2cnc(OC(C)C)c(OC)c2)nc1C. The molecule has 7 heteroatoms. The van der Waals surface area contributed by atoms with Gasteiger partial charge < -0.3 is 18.9 Å². The summed E-state index contributed by atoms with van der Waals surface area (Å²) in [5, 5.41) is 0. The molecule has 2 aromatic rings. The molecule has 0 saturated heterocycles. The first-order valence-corrected chi connectivity index (χ1v) is 8.35. The number of ether oxygens (including phenoxy) is 4. The summed E-state index contributed by atoms with van der Waals surface area (Å²) in [4.78, 5) is 21.0. The van der Waals surface area contributed by atoms with Gasteiger partial charge in [0.2, 0.25) is 0 Å². The van der Waals surface area contributed by atoms with Crippen LogP contribution in [0.2, 0.25) is 0 Å². The highest BCUT2D eigenvalue weighted by molar-refractivity contribution is 5.94. The molecule has 26 heavy (non-hydrogen) atoms. The molecule has 0 N–H and O–H groups in total. The first kappa shape index (κ1) is 19.5. The van der Waals surface area contributed by atoms with Crippen molar-refractivity contribution in [3.8, 4) is 28.6 Å². The van der Waals surface area contributed by atoms with E-state index in [1.54, 1.807) is 39.3 Å². The topological polar surface area (TPSA) is 79.8 Å². The lowest BCUT2D eigenvalue weighted by Gasteiger charge is -2.15. The van der Waals surface area contributed by atoms with Gasteiger partial charge in [-0.25, -0.2) is 9.78 Å². The van der Waals surface area contributed by atoms with E-state index < -0.39 is 5.97 Å². The maximum Gasteiger partial charge on any atom is 0.343 e. The third-order valence-corrected chi connectivity index (χ3v) is 3.54. The number of aryl methyl sites for hydroxylation is 1. The Kier molecular flexibility index (Phi) is 6.38. The Bertz CT molecular complexity index is 790. The third-order valence-electron chi connectivity index (χ3n) is 3.54. The fourth-order valence-electron chi connectivity index (χ4n) is 2.43. The Hall–Kier alpha value is -2.83. The van der Waals surface area contributed by atoms with E-state index in [2.05, 4.69) is 9.97 Å². The van der Waals surface area contributed by atoms with Crippen molar-refractivity contribution in [2.24, 2.45) is 0 Å². The van der Waals surface area contributed by atoms with Crippen LogP contribution < -0.4 is 14.2 Å². The van der Waals surface area contributed by atoms with Crippen molar-refractivity contribution in [2.45, 2.75) is 33.8 Å². The largest absolute Gasteiger partial charge is 0.496 e. The monoisotopic (exact) mass is 360 g/mol. The Labute approximate surface area is 153 Å². The van der Waals surface area contributed by atoms with Gasteiger partial charge in [-0.2, -0.15) is 0 Å². The van der Waals surface area contributed by atoms with Gasteiger partial charge in [-0.1, -0.05) is 0 Å². The van der Waals surface area contributed by atoms with Crippen molar-refractivity contribution < 1.29 is 23.7 Å². The van der Waals surface area contributed by atoms with Gasteiger partial charge in [0.05, 0.1) is 38.3 Å². The lowest BCUT2D eigenvalue weighted by Crippen LogP contribution is -2.11. The maximum atomic E-state index is 12.1. The van der Waals surface area contributed by atoms with E-state index in [0.29, 0.717) is 34.3 Å². The molecule has 140 valence electrons. The number of esters is 1. The maximum absolute atomic E-state index is 12.1. The minimum atomic E-state index is -0.461. The molecular formula is C19H24N2O5. The van der Waals surface area contributed by atoms with Gasteiger partial charge in [0, 0.05) is 17.8 Å². The molecule has 0 aliphatic carbocycles. The van der Waals surface area contributed by atoms with Crippen LogP contribution in [0.3, 0.4) is 0 Å². The number of rotatable bonds is 7. The van der Waals surface area contributed by atoms with Crippen molar-refractivity contribution in [2.75, 3.05) is 20.8 Å². The number of methoxy groups -OCH3 is 2. The molecule has 0 radical (unpaired) electrons. The molecule has 0 aliphatic rings. The zero-order valence-electron chi connectivity index (χ0n) is 16.0. The second-order valence-electron chi connectivity index (χ2n) is 5.79. The minimum Gasteiger partial charge on any atom is -0.496 e. The summed E-state index contributed by atoms with van der Waals surface area (Å²) < 4.78 is 21.4. The Morgan fingerprint density at radius 3 is 2.42 bits per heavy atom. The highest BCUT2D eigenvalue weighted by atomic mass is 16.5. The van der Waals surface area contributed by atoms with Crippen molar-refractivity contribution >= 4 is 5.97 Å². The Morgan fingerprint density at radius 2 is 1.85 bits per heavy atom. The highest BCUT2D eigenvalue weighted by Gasteiger charge is 2.20. The van der Waals surface area contributed by atoms with E-state index in [1.165, 1.54) is 7.11 Å². The van der Waals surface area contributed by atoms with E-state index >= 15 is 0 Å². The fourth-order valence-corrected chi connectivity index (χ4v) is 2.43. The molecule has 0 spiro atoms. The lowest BCUT2D eigenvalue weighted by molar-refractivity contribution is 0.0521.